The molecule has 0 aliphatic heterocycles. The molecular weight excluding hydrogens is 360 g/mol. The molecule has 2 unspecified atom stereocenters. The van der Waals surface area contributed by atoms with Gasteiger partial charge in [0.25, 0.3) is 5.69 Å². The number of sulfonamides is 1. The summed E-state index contributed by atoms with van der Waals surface area (Å²) in [6.07, 6.45) is 3.78. The lowest BCUT2D eigenvalue weighted by atomic mass is 9.96. The molecule has 21 heavy (non-hydrogen) atoms. The van der Waals surface area contributed by atoms with Gasteiger partial charge in [-0.3, -0.25) is 10.1 Å². The van der Waals surface area contributed by atoms with Crippen molar-refractivity contribution in [1.82, 2.24) is 4.72 Å². The molecule has 1 aliphatic carbocycles. The highest BCUT2D eigenvalue weighted by Gasteiger charge is 2.28. The zero-order valence-corrected chi connectivity index (χ0v) is 13.8. The first-order valence-corrected chi connectivity index (χ1v) is 9.32. The zero-order chi connectivity index (χ0) is 15.5. The number of rotatable bonds is 5. The Balaban J connectivity index is 2.12. The minimum Gasteiger partial charge on any atom is -0.258 e. The summed E-state index contributed by atoms with van der Waals surface area (Å²) in [6, 6.07) is 5.78. The van der Waals surface area contributed by atoms with Crippen LogP contribution in [0.15, 0.2) is 24.3 Å². The van der Waals surface area contributed by atoms with Gasteiger partial charge in [0.15, 0.2) is 0 Å². The highest BCUT2D eigenvalue weighted by Crippen LogP contribution is 2.26. The van der Waals surface area contributed by atoms with Gasteiger partial charge in [-0.2, -0.15) is 0 Å². The van der Waals surface area contributed by atoms with Gasteiger partial charge in [0.1, 0.15) is 0 Å². The number of nitrogens with zero attached hydrogens (tertiary/aromatic N) is 1. The molecule has 0 amide bonds. The van der Waals surface area contributed by atoms with Gasteiger partial charge < -0.3 is 0 Å². The number of para-hydroxylation sites is 1. The Kier molecular flexibility index (Phi) is 5.34. The summed E-state index contributed by atoms with van der Waals surface area (Å²) in [5, 5.41) is 10.9. The third-order valence-corrected chi connectivity index (χ3v) is 6.00. The Morgan fingerprint density at radius 1 is 1.29 bits per heavy atom. The molecule has 1 fully saturated rings. The van der Waals surface area contributed by atoms with Crippen molar-refractivity contribution >= 4 is 31.6 Å². The molecule has 0 heterocycles. The van der Waals surface area contributed by atoms with Gasteiger partial charge in [0, 0.05) is 22.5 Å². The van der Waals surface area contributed by atoms with E-state index in [0.29, 0.717) is 0 Å². The molecule has 0 aromatic heterocycles. The van der Waals surface area contributed by atoms with E-state index in [-0.39, 0.29) is 27.9 Å². The van der Waals surface area contributed by atoms with Crippen LogP contribution in [-0.4, -0.2) is 24.2 Å². The van der Waals surface area contributed by atoms with Crippen LogP contribution in [0, 0.1) is 10.1 Å². The fourth-order valence-electron chi connectivity index (χ4n) is 2.51. The lowest BCUT2D eigenvalue weighted by molar-refractivity contribution is -0.385. The highest BCUT2D eigenvalue weighted by molar-refractivity contribution is 9.09. The second-order valence-corrected chi connectivity index (χ2v) is 8.10. The van der Waals surface area contributed by atoms with Gasteiger partial charge in [0.05, 0.1) is 10.7 Å². The Morgan fingerprint density at radius 3 is 2.62 bits per heavy atom. The zero-order valence-electron chi connectivity index (χ0n) is 11.4. The van der Waals surface area contributed by atoms with Crippen molar-refractivity contribution in [2.24, 2.45) is 0 Å². The summed E-state index contributed by atoms with van der Waals surface area (Å²) in [7, 11) is -3.61. The number of hydrogen-bond donors (Lipinski definition) is 1. The van der Waals surface area contributed by atoms with Crippen LogP contribution < -0.4 is 4.72 Å². The van der Waals surface area contributed by atoms with Crippen LogP contribution >= 0.6 is 15.9 Å². The van der Waals surface area contributed by atoms with E-state index in [4.69, 9.17) is 0 Å². The van der Waals surface area contributed by atoms with E-state index in [2.05, 4.69) is 20.7 Å². The topological polar surface area (TPSA) is 89.3 Å². The Labute approximate surface area is 132 Å². The van der Waals surface area contributed by atoms with E-state index in [1.54, 1.807) is 6.07 Å². The predicted molar refractivity (Wildman–Crippen MR) is 83.8 cm³/mol. The Morgan fingerprint density at radius 2 is 1.95 bits per heavy atom. The van der Waals surface area contributed by atoms with Crippen molar-refractivity contribution in [3.8, 4) is 0 Å². The van der Waals surface area contributed by atoms with Crippen molar-refractivity contribution in [2.75, 3.05) is 0 Å². The van der Waals surface area contributed by atoms with Gasteiger partial charge in [-0.25, -0.2) is 13.1 Å². The lowest BCUT2D eigenvalue weighted by Crippen LogP contribution is -2.43. The third kappa shape index (κ3) is 4.49. The van der Waals surface area contributed by atoms with Crippen molar-refractivity contribution in [3.63, 3.8) is 0 Å². The quantitative estimate of drug-likeness (QED) is 0.485. The molecule has 1 aromatic carbocycles. The largest absolute Gasteiger partial charge is 0.273 e. The van der Waals surface area contributed by atoms with Gasteiger partial charge in [-0.05, 0) is 12.8 Å². The molecule has 6 nitrogen and oxygen atoms in total. The lowest BCUT2D eigenvalue weighted by Gasteiger charge is -2.27. The highest BCUT2D eigenvalue weighted by atomic mass is 79.9. The van der Waals surface area contributed by atoms with Crippen molar-refractivity contribution in [3.05, 3.63) is 39.9 Å². The number of nitrogens with one attached hydrogen (secondary N) is 1. The van der Waals surface area contributed by atoms with Gasteiger partial charge in [-0.15, -0.1) is 0 Å². The van der Waals surface area contributed by atoms with Crippen LogP contribution in [0.3, 0.4) is 0 Å². The molecule has 1 aliphatic rings. The number of halogens is 1. The summed E-state index contributed by atoms with van der Waals surface area (Å²) in [5.74, 6) is -0.375. The first-order chi connectivity index (χ1) is 9.89. The molecule has 2 atom stereocenters. The number of alkyl halides is 1. The average molecular weight is 377 g/mol. The fraction of sp³-hybridized carbons (Fsp3) is 0.538. The van der Waals surface area contributed by atoms with Crippen molar-refractivity contribution in [1.29, 1.82) is 0 Å². The molecule has 116 valence electrons. The molecule has 8 heteroatoms. The fourth-order valence-corrected chi connectivity index (χ4v) is 4.88. The SMILES string of the molecule is O=[N+]([O-])c1ccccc1CS(=O)(=O)NC1CCCCC1Br. The van der Waals surface area contributed by atoms with Gasteiger partial charge >= 0.3 is 0 Å². The third-order valence-electron chi connectivity index (χ3n) is 3.55. The van der Waals surface area contributed by atoms with Crippen LogP contribution in [0.2, 0.25) is 0 Å². The van der Waals surface area contributed by atoms with Gasteiger partial charge in [-0.1, -0.05) is 47.0 Å². The minimum absolute atomic E-state index is 0.117. The number of nitro groups is 1. The van der Waals surface area contributed by atoms with E-state index >= 15 is 0 Å². The molecule has 1 aromatic rings. The molecule has 0 spiro atoms. The Bertz CT molecular complexity index is 620. The number of hydrogen-bond acceptors (Lipinski definition) is 4. The predicted octanol–water partition coefficient (Wildman–Crippen LogP) is 2.72. The summed E-state index contributed by atoms with van der Waals surface area (Å²) in [5.41, 5.74) is 0.0406. The van der Waals surface area contributed by atoms with Crippen LogP contribution in [-0.2, 0) is 15.8 Å². The van der Waals surface area contributed by atoms with E-state index in [9.17, 15) is 18.5 Å². The van der Waals surface area contributed by atoms with E-state index in [0.717, 1.165) is 25.7 Å². The average Bonchev–Trinajstić information content (AvgIpc) is 2.41. The monoisotopic (exact) mass is 376 g/mol. The normalized spacial score (nSPS) is 22.9. The van der Waals surface area contributed by atoms with Crippen LogP contribution in [0.5, 0.6) is 0 Å². The van der Waals surface area contributed by atoms with Gasteiger partial charge in [0.2, 0.25) is 10.0 Å². The smallest absolute Gasteiger partial charge is 0.258 e. The molecule has 0 bridgehead atoms. The summed E-state index contributed by atoms with van der Waals surface area (Å²) >= 11 is 3.50. The number of benzene rings is 1. The molecule has 0 radical (unpaired) electrons. The standard InChI is InChI=1S/C13H17BrN2O4S/c14-11-6-2-3-7-12(11)15-21(19,20)9-10-5-1-4-8-13(10)16(17)18/h1,4-5,8,11-12,15H,2-3,6-7,9H2. The van der Waals surface area contributed by atoms with E-state index < -0.39 is 14.9 Å². The second-order valence-electron chi connectivity index (χ2n) is 5.17. The van der Waals surface area contributed by atoms with E-state index in [1.165, 1.54) is 18.2 Å². The Hall–Kier alpha value is -0.990. The van der Waals surface area contributed by atoms with Crippen molar-refractivity contribution in [2.45, 2.75) is 42.3 Å². The van der Waals surface area contributed by atoms with Crippen molar-refractivity contribution < 1.29 is 13.3 Å². The maximum Gasteiger partial charge on any atom is 0.273 e. The summed E-state index contributed by atoms with van der Waals surface area (Å²) in [6.45, 7) is 0. The molecular formula is C13H17BrN2O4S. The van der Waals surface area contributed by atoms with Crippen LogP contribution in [0.4, 0.5) is 5.69 Å². The second kappa shape index (κ2) is 6.85. The maximum absolute atomic E-state index is 12.2. The summed E-state index contributed by atoms with van der Waals surface area (Å²) < 4.78 is 27.1. The van der Waals surface area contributed by atoms with Crippen LogP contribution in [0.1, 0.15) is 31.2 Å². The first-order valence-electron chi connectivity index (χ1n) is 6.75. The van der Waals surface area contributed by atoms with E-state index in [1.807, 2.05) is 0 Å². The molecule has 2 rings (SSSR count). The molecule has 1 N–H and O–H groups in total. The molecule has 1 saturated carbocycles. The number of nitro benzene ring substituents is 1. The maximum atomic E-state index is 12.2. The molecule has 0 saturated heterocycles. The van der Waals surface area contributed by atoms with Crippen LogP contribution in [0.25, 0.3) is 0 Å². The summed E-state index contributed by atoms with van der Waals surface area (Å²) in [4.78, 5) is 10.5. The first kappa shape index (κ1) is 16.4. The minimum atomic E-state index is -3.61.